The zero-order valence-electron chi connectivity index (χ0n) is 21.0. The molecule has 9 nitrogen and oxygen atoms in total. The number of aliphatic hydroxyl groups excluding tert-OH is 1. The van der Waals surface area contributed by atoms with Gasteiger partial charge in [-0.15, -0.1) is 0 Å². The van der Waals surface area contributed by atoms with E-state index in [1.54, 1.807) is 12.1 Å². The molecule has 39 heavy (non-hydrogen) atoms. The number of pyridine rings is 3. The number of nitrogens with zero attached hydrogens (tertiary/aromatic N) is 5. The maximum absolute atomic E-state index is 14.0. The van der Waals surface area contributed by atoms with Crippen molar-refractivity contribution in [1.82, 2.24) is 30.0 Å². The van der Waals surface area contributed by atoms with Crippen LogP contribution in [0.3, 0.4) is 0 Å². The van der Waals surface area contributed by atoms with Gasteiger partial charge < -0.3 is 10.4 Å². The molecule has 0 bridgehead atoms. The first kappa shape index (κ1) is 24.8. The highest BCUT2D eigenvalue weighted by atomic mass is 19.1. The molecule has 1 aliphatic rings. The Morgan fingerprint density at radius 1 is 1.03 bits per heavy atom. The van der Waals surface area contributed by atoms with E-state index in [1.807, 2.05) is 30.6 Å². The lowest BCUT2D eigenvalue weighted by Crippen LogP contribution is -2.35. The summed E-state index contributed by atoms with van der Waals surface area (Å²) in [6, 6.07) is 12.5. The number of aliphatic hydroxyl groups is 1. The second kappa shape index (κ2) is 10.7. The van der Waals surface area contributed by atoms with E-state index in [2.05, 4.69) is 41.4 Å². The number of fused-ring (bicyclic) bond motifs is 1. The Kier molecular flexibility index (Phi) is 6.78. The van der Waals surface area contributed by atoms with Crippen molar-refractivity contribution >= 4 is 22.5 Å². The fraction of sp³-hybridized carbons (Fsp3) is 0.207. The molecule has 1 aliphatic heterocycles. The van der Waals surface area contributed by atoms with Gasteiger partial charge in [0, 0.05) is 55.4 Å². The molecule has 5 heterocycles. The molecule has 0 spiro atoms. The number of benzene rings is 1. The molecule has 5 aromatic rings. The Bertz CT molecular complexity index is 1630. The van der Waals surface area contributed by atoms with Gasteiger partial charge in [0.15, 0.2) is 5.69 Å². The minimum absolute atomic E-state index is 0.203. The second-order valence-corrected chi connectivity index (χ2v) is 9.66. The molecular formula is C29H26FN7O2. The van der Waals surface area contributed by atoms with Crippen LogP contribution in [0, 0.1) is 5.82 Å². The third-order valence-electron chi connectivity index (χ3n) is 6.93. The fourth-order valence-corrected chi connectivity index (χ4v) is 4.82. The average molecular weight is 524 g/mol. The predicted octanol–water partition coefficient (Wildman–Crippen LogP) is 4.43. The van der Waals surface area contributed by atoms with Crippen molar-refractivity contribution in [1.29, 1.82) is 0 Å². The SMILES string of the molecule is O=C(Nc1ccc(-c2cnccc2F)nc1)c1n[nH]c2ccc(-c3cncc(CN4CCC(O)CC4)c3)cc12. The smallest absolute Gasteiger partial charge is 0.276 e. The summed E-state index contributed by atoms with van der Waals surface area (Å²) in [6.07, 6.45) is 9.31. The molecule has 0 radical (unpaired) electrons. The zero-order valence-corrected chi connectivity index (χ0v) is 21.0. The van der Waals surface area contributed by atoms with Crippen LogP contribution in [-0.4, -0.2) is 60.3 Å². The first-order chi connectivity index (χ1) is 19.0. The Morgan fingerprint density at radius 3 is 2.69 bits per heavy atom. The minimum atomic E-state index is -0.417. The third kappa shape index (κ3) is 5.38. The van der Waals surface area contributed by atoms with Crippen LogP contribution in [0.2, 0.25) is 0 Å². The van der Waals surface area contributed by atoms with E-state index in [1.165, 1.54) is 24.7 Å². The van der Waals surface area contributed by atoms with Crippen molar-refractivity contribution in [2.75, 3.05) is 18.4 Å². The summed E-state index contributed by atoms with van der Waals surface area (Å²) in [6.45, 7) is 2.50. The van der Waals surface area contributed by atoms with Gasteiger partial charge in [-0.05, 0) is 60.4 Å². The van der Waals surface area contributed by atoms with Gasteiger partial charge in [0.05, 0.1) is 34.8 Å². The normalized spacial score (nSPS) is 14.5. The number of anilines is 1. The van der Waals surface area contributed by atoms with Crippen molar-refractivity contribution in [2.24, 2.45) is 0 Å². The minimum Gasteiger partial charge on any atom is -0.393 e. The highest BCUT2D eigenvalue weighted by Crippen LogP contribution is 2.27. The van der Waals surface area contributed by atoms with E-state index < -0.39 is 5.82 Å². The number of carbonyl (C=O) groups excluding carboxylic acids is 1. The number of hydrogen-bond acceptors (Lipinski definition) is 7. The van der Waals surface area contributed by atoms with Gasteiger partial charge in [-0.3, -0.25) is 29.7 Å². The standard InChI is InChI=1S/C29H26FN7O2/c30-25-5-8-31-16-24(25)26-4-2-21(15-33-26)34-29(39)28-23-12-19(1-3-27(23)35-36-28)20-11-18(13-32-14-20)17-37-9-6-22(38)7-10-37/h1-5,8,11-16,22,38H,6-7,9-10,17H2,(H,34,39)(H,35,36). The van der Waals surface area contributed by atoms with Crippen molar-refractivity contribution in [3.8, 4) is 22.4 Å². The van der Waals surface area contributed by atoms with Gasteiger partial charge in [-0.1, -0.05) is 6.07 Å². The van der Waals surface area contributed by atoms with Crippen LogP contribution in [0.15, 0.2) is 73.4 Å². The van der Waals surface area contributed by atoms with Gasteiger partial charge in [0.25, 0.3) is 5.91 Å². The van der Waals surface area contributed by atoms with Crippen LogP contribution < -0.4 is 5.32 Å². The van der Waals surface area contributed by atoms with Gasteiger partial charge in [0.1, 0.15) is 5.82 Å². The summed E-state index contributed by atoms with van der Waals surface area (Å²) in [7, 11) is 0. The number of likely N-dealkylation sites (tertiary alicyclic amines) is 1. The summed E-state index contributed by atoms with van der Waals surface area (Å²) in [5.41, 5.74) is 5.12. The molecule has 4 aromatic heterocycles. The monoisotopic (exact) mass is 523 g/mol. The number of H-pyrrole nitrogens is 1. The first-order valence-electron chi connectivity index (χ1n) is 12.7. The molecule has 1 aromatic carbocycles. The summed E-state index contributed by atoms with van der Waals surface area (Å²) >= 11 is 0. The van der Waals surface area contributed by atoms with E-state index in [0.717, 1.165) is 54.7 Å². The Morgan fingerprint density at radius 2 is 1.90 bits per heavy atom. The van der Waals surface area contributed by atoms with E-state index in [0.29, 0.717) is 16.8 Å². The number of hydrogen-bond donors (Lipinski definition) is 3. The molecule has 1 saturated heterocycles. The van der Waals surface area contributed by atoms with Crippen LogP contribution in [0.4, 0.5) is 10.1 Å². The maximum atomic E-state index is 14.0. The molecule has 10 heteroatoms. The van der Waals surface area contributed by atoms with Crippen LogP contribution >= 0.6 is 0 Å². The van der Waals surface area contributed by atoms with Gasteiger partial charge in [-0.25, -0.2) is 4.39 Å². The first-order valence-corrected chi connectivity index (χ1v) is 12.7. The summed E-state index contributed by atoms with van der Waals surface area (Å²) in [5, 5.41) is 20.4. The quantitative estimate of drug-likeness (QED) is 0.301. The van der Waals surface area contributed by atoms with Crippen LogP contribution in [-0.2, 0) is 6.54 Å². The highest BCUT2D eigenvalue weighted by Gasteiger charge is 2.18. The largest absolute Gasteiger partial charge is 0.393 e. The Balaban J connectivity index is 1.20. The third-order valence-corrected chi connectivity index (χ3v) is 6.93. The lowest BCUT2D eigenvalue weighted by atomic mass is 10.0. The number of halogens is 1. The Labute approximate surface area is 223 Å². The lowest BCUT2D eigenvalue weighted by Gasteiger charge is -2.29. The number of aromatic amines is 1. The maximum Gasteiger partial charge on any atom is 0.276 e. The highest BCUT2D eigenvalue weighted by molar-refractivity contribution is 6.11. The molecule has 0 aliphatic carbocycles. The number of carbonyl (C=O) groups is 1. The average Bonchev–Trinajstić information content (AvgIpc) is 3.39. The number of rotatable bonds is 6. The van der Waals surface area contributed by atoms with Gasteiger partial charge >= 0.3 is 0 Å². The van der Waals surface area contributed by atoms with Crippen molar-refractivity contribution < 1.29 is 14.3 Å². The number of amides is 1. The molecule has 1 fully saturated rings. The fourth-order valence-electron chi connectivity index (χ4n) is 4.82. The van der Waals surface area contributed by atoms with E-state index in [9.17, 15) is 14.3 Å². The summed E-state index contributed by atoms with van der Waals surface area (Å²) < 4.78 is 14.0. The second-order valence-electron chi connectivity index (χ2n) is 9.66. The number of piperidine rings is 1. The van der Waals surface area contributed by atoms with Crippen LogP contribution in [0.1, 0.15) is 28.9 Å². The summed E-state index contributed by atoms with van der Waals surface area (Å²) in [4.78, 5) is 28.1. The molecule has 0 atom stereocenters. The predicted molar refractivity (Wildman–Crippen MR) is 145 cm³/mol. The topological polar surface area (TPSA) is 120 Å². The van der Waals surface area contributed by atoms with Crippen LogP contribution in [0.5, 0.6) is 0 Å². The molecule has 0 saturated carbocycles. The van der Waals surface area contributed by atoms with Crippen molar-refractivity contribution in [3.05, 3.63) is 90.5 Å². The molecular weight excluding hydrogens is 497 g/mol. The van der Waals surface area contributed by atoms with Gasteiger partial charge in [-0.2, -0.15) is 5.10 Å². The van der Waals surface area contributed by atoms with E-state index >= 15 is 0 Å². The number of nitrogens with one attached hydrogen (secondary N) is 2. The van der Waals surface area contributed by atoms with E-state index in [4.69, 9.17) is 0 Å². The summed E-state index contributed by atoms with van der Waals surface area (Å²) in [5.74, 6) is -0.806. The molecule has 0 unspecified atom stereocenters. The lowest BCUT2D eigenvalue weighted by molar-refractivity contribution is 0.0792. The molecule has 196 valence electrons. The molecule has 3 N–H and O–H groups in total. The molecule has 6 rings (SSSR count). The number of aromatic nitrogens is 5. The van der Waals surface area contributed by atoms with E-state index in [-0.39, 0.29) is 23.3 Å². The zero-order chi connectivity index (χ0) is 26.8. The van der Waals surface area contributed by atoms with Crippen molar-refractivity contribution in [2.45, 2.75) is 25.5 Å². The molecule has 1 amide bonds. The van der Waals surface area contributed by atoms with Crippen molar-refractivity contribution in [3.63, 3.8) is 0 Å². The van der Waals surface area contributed by atoms with Gasteiger partial charge in [0.2, 0.25) is 0 Å². The van der Waals surface area contributed by atoms with Crippen LogP contribution in [0.25, 0.3) is 33.3 Å². The Hall–Kier alpha value is -4.54.